The number of carbonyl (C=O) groups is 1. The Hall–Kier alpha value is -3.25. The van der Waals surface area contributed by atoms with Crippen molar-refractivity contribution >= 4 is 33.1 Å². The average molecular weight is 392 g/mol. The molecule has 0 aliphatic rings. The molecule has 0 spiro atoms. The Bertz CT molecular complexity index is 1060. The number of fused-ring (bicyclic) bond motifs is 1. The van der Waals surface area contributed by atoms with Crippen LogP contribution in [-0.2, 0) is 11.2 Å². The van der Waals surface area contributed by atoms with E-state index < -0.39 is 0 Å². The molecule has 28 heavy (non-hydrogen) atoms. The van der Waals surface area contributed by atoms with Crippen molar-refractivity contribution in [2.24, 2.45) is 0 Å². The van der Waals surface area contributed by atoms with E-state index in [9.17, 15) is 9.18 Å². The highest BCUT2D eigenvalue weighted by atomic mass is 32.1. The number of halogens is 1. The van der Waals surface area contributed by atoms with Crippen molar-refractivity contribution in [2.45, 2.75) is 6.42 Å². The minimum atomic E-state index is -0.345. The van der Waals surface area contributed by atoms with Crippen LogP contribution in [0.25, 0.3) is 10.2 Å². The number of anilines is 1. The molecule has 1 heterocycles. The zero-order chi connectivity index (χ0) is 19.3. The monoisotopic (exact) mass is 392 g/mol. The number of aromatic nitrogens is 1. The number of hydrogen-bond donors (Lipinski definition) is 1. The van der Waals surface area contributed by atoms with E-state index in [-0.39, 0.29) is 18.3 Å². The first-order valence-corrected chi connectivity index (χ1v) is 9.59. The molecule has 140 valence electrons. The first kappa shape index (κ1) is 18.1. The van der Waals surface area contributed by atoms with Crippen LogP contribution in [0.3, 0.4) is 0 Å². The summed E-state index contributed by atoms with van der Waals surface area (Å²) in [6.07, 6.45) is 0.751. The van der Waals surface area contributed by atoms with Crippen molar-refractivity contribution < 1.29 is 13.9 Å². The van der Waals surface area contributed by atoms with Crippen molar-refractivity contribution in [1.82, 2.24) is 4.98 Å². The lowest BCUT2D eigenvalue weighted by molar-refractivity contribution is -0.118. The largest absolute Gasteiger partial charge is 0.484 e. The maximum absolute atomic E-state index is 12.9. The third-order valence-electron chi connectivity index (χ3n) is 4.11. The molecule has 4 nitrogen and oxygen atoms in total. The minimum Gasteiger partial charge on any atom is -0.484 e. The SMILES string of the molecule is O=C(COc1ccc(F)cc1)Nc1ccc(Cc2nc3ccccc3s2)cc1. The van der Waals surface area contributed by atoms with Crippen LogP contribution in [0.4, 0.5) is 10.1 Å². The summed E-state index contributed by atoms with van der Waals surface area (Å²) in [5.41, 5.74) is 2.84. The smallest absolute Gasteiger partial charge is 0.262 e. The maximum Gasteiger partial charge on any atom is 0.262 e. The van der Waals surface area contributed by atoms with E-state index in [2.05, 4.69) is 16.4 Å². The molecule has 0 aliphatic heterocycles. The topological polar surface area (TPSA) is 51.2 Å². The molecular weight excluding hydrogens is 375 g/mol. The Labute approximate surface area is 165 Å². The Balaban J connectivity index is 1.32. The van der Waals surface area contributed by atoms with Gasteiger partial charge >= 0.3 is 0 Å². The van der Waals surface area contributed by atoms with Gasteiger partial charge in [-0.2, -0.15) is 0 Å². The highest BCUT2D eigenvalue weighted by molar-refractivity contribution is 7.18. The van der Waals surface area contributed by atoms with Gasteiger partial charge in [-0.15, -0.1) is 11.3 Å². The lowest BCUT2D eigenvalue weighted by Crippen LogP contribution is -2.20. The summed E-state index contributed by atoms with van der Waals surface area (Å²) in [6.45, 7) is -0.140. The second-order valence-corrected chi connectivity index (χ2v) is 7.36. The van der Waals surface area contributed by atoms with Crippen LogP contribution in [0.5, 0.6) is 5.75 Å². The third-order valence-corrected chi connectivity index (χ3v) is 5.15. The molecule has 6 heteroatoms. The molecule has 0 bridgehead atoms. The molecular formula is C22H17FN2O2S. The molecule has 4 aromatic rings. The highest BCUT2D eigenvalue weighted by Crippen LogP contribution is 2.24. The summed E-state index contributed by atoms with van der Waals surface area (Å²) in [4.78, 5) is 16.7. The Morgan fingerprint density at radius 3 is 2.50 bits per heavy atom. The molecule has 0 unspecified atom stereocenters. The number of hydrogen-bond acceptors (Lipinski definition) is 4. The molecule has 0 saturated heterocycles. The summed E-state index contributed by atoms with van der Waals surface area (Å²) in [5, 5.41) is 3.85. The predicted octanol–water partition coefficient (Wildman–Crippen LogP) is 5.04. The molecule has 0 radical (unpaired) electrons. The standard InChI is InChI=1S/C22H17FN2O2S/c23-16-7-11-18(12-8-16)27-14-21(26)24-17-9-5-15(6-10-17)13-22-25-19-3-1-2-4-20(19)28-22/h1-12H,13-14H2,(H,24,26). The molecule has 0 atom stereocenters. The van der Waals surface area contributed by atoms with Crippen LogP contribution in [0.2, 0.25) is 0 Å². The van der Waals surface area contributed by atoms with Gasteiger partial charge in [0, 0.05) is 12.1 Å². The van der Waals surface area contributed by atoms with E-state index in [1.54, 1.807) is 11.3 Å². The number of amides is 1. The van der Waals surface area contributed by atoms with Crippen molar-refractivity contribution in [3.8, 4) is 5.75 Å². The van der Waals surface area contributed by atoms with E-state index in [1.165, 1.54) is 29.0 Å². The van der Waals surface area contributed by atoms with Gasteiger partial charge < -0.3 is 10.1 Å². The van der Waals surface area contributed by atoms with Crippen LogP contribution in [0.1, 0.15) is 10.6 Å². The van der Waals surface area contributed by atoms with Gasteiger partial charge in [0.2, 0.25) is 0 Å². The van der Waals surface area contributed by atoms with Gasteiger partial charge in [-0.05, 0) is 54.1 Å². The summed E-state index contributed by atoms with van der Waals surface area (Å²) in [6, 6.07) is 21.3. The number of ether oxygens (including phenoxy) is 1. The van der Waals surface area contributed by atoms with Gasteiger partial charge in [0.1, 0.15) is 11.6 Å². The number of thiazole rings is 1. The Kier molecular flexibility index (Phi) is 5.30. The first-order chi connectivity index (χ1) is 13.7. The first-order valence-electron chi connectivity index (χ1n) is 8.77. The van der Waals surface area contributed by atoms with Gasteiger partial charge in [-0.25, -0.2) is 9.37 Å². The van der Waals surface area contributed by atoms with E-state index in [1.807, 2.05) is 42.5 Å². The molecule has 1 N–H and O–H groups in total. The highest BCUT2D eigenvalue weighted by Gasteiger charge is 2.06. The van der Waals surface area contributed by atoms with Crippen molar-refractivity contribution in [3.63, 3.8) is 0 Å². The van der Waals surface area contributed by atoms with Gasteiger partial charge in [0.25, 0.3) is 5.91 Å². The van der Waals surface area contributed by atoms with Gasteiger partial charge in [-0.3, -0.25) is 4.79 Å². The van der Waals surface area contributed by atoms with Crippen LogP contribution in [-0.4, -0.2) is 17.5 Å². The van der Waals surface area contributed by atoms with E-state index >= 15 is 0 Å². The lowest BCUT2D eigenvalue weighted by atomic mass is 10.1. The van der Waals surface area contributed by atoms with E-state index in [4.69, 9.17) is 4.74 Å². The van der Waals surface area contributed by atoms with Gasteiger partial charge in [-0.1, -0.05) is 24.3 Å². The molecule has 0 fully saturated rings. The molecule has 1 amide bonds. The second-order valence-electron chi connectivity index (χ2n) is 6.24. The van der Waals surface area contributed by atoms with E-state index in [0.717, 1.165) is 22.5 Å². The average Bonchev–Trinajstić information content (AvgIpc) is 3.11. The quantitative estimate of drug-likeness (QED) is 0.500. The zero-order valence-electron chi connectivity index (χ0n) is 14.9. The number of carbonyl (C=O) groups excluding carboxylic acids is 1. The van der Waals surface area contributed by atoms with Crippen LogP contribution in [0, 0.1) is 5.82 Å². The van der Waals surface area contributed by atoms with Gasteiger partial charge in [0.05, 0.1) is 15.2 Å². The number of nitrogens with zero attached hydrogens (tertiary/aromatic N) is 1. The fourth-order valence-electron chi connectivity index (χ4n) is 2.75. The number of benzene rings is 3. The minimum absolute atomic E-state index is 0.140. The lowest BCUT2D eigenvalue weighted by Gasteiger charge is -2.08. The number of nitrogens with one attached hydrogen (secondary N) is 1. The molecule has 1 aromatic heterocycles. The van der Waals surface area contributed by atoms with Crippen molar-refractivity contribution in [2.75, 3.05) is 11.9 Å². The Morgan fingerprint density at radius 2 is 1.75 bits per heavy atom. The van der Waals surface area contributed by atoms with Crippen LogP contribution >= 0.6 is 11.3 Å². The zero-order valence-corrected chi connectivity index (χ0v) is 15.7. The Morgan fingerprint density at radius 1 is 1.00 bits per heavy atom. The fourth-order valence-corrected chi connectivity index (χ4v) is 3.75. The predicted molar refractivity (Wildman–Crippen MR) is 109 cm³/mol. The molecule has 4 rings (SSSR count). The summed E-state index contributed by atoms with van der Waals surface area (Å²) in [7, 11) is 0. The maximum atomic E-state index is 12.9. The molecule has 0 saturated carbocycles. The molecule has 3 aromatic carbocycles. The van der Waals surface area contributed by atoms with Crippen LogP contribution < -0.4 is 10.1 Å². The van der Waals surface area contributed by atoms with Crippen molar-refractivity contribution in [1.29, 1.82) is 0 Å². The summed E-state index contributed by atoms with van der Waals surface area (Å²) in [5.74, 6) is -0.172. The normalized spacial score (nSPS) is 10.8. The molecule has 0 aliphatic carbocycles. The summed E-state index contributed by atoms with van der Waals surface area (Å²) < 4.78 is 19.4. The number of rotatable bonds is 6. The third kappa shape index (κ3) is 4.53. The van der Waals surface area contributed by atoms with E-state index in [0.29, 0.717) is 11.4 Å². The number of para-hydroxylation sites is 1. The van der Waals surface area contributed by atoms with Gasteiger partial charge in [0.15, 0.2) is 6.61 Å². The summed E-state index contributed by atoms with van der Waals surface area (Å²) >= 11 is 1.69. The second kappa shape index (κ2) is 8.19. The van der Waals surface area contributed by atoms with Crippen LogP contribution in [0.15, 0.2) is 72.8 Å². The fraction of sp³-hybridized carbons (Fsp3) is 0.0909. The van der Waals surface area contributed by atoms with Crippen molar-refractivity contribution in [3.05, 3.63) is 89.2 Å².